The van der Waals surface area contributed by atoms with E-state index in [1.807, 2.05) is 0 Å². The van der Waals surface area contributed by atoms with Crippen molar-refractivity contribution in [3.05, 3.63) is 57.7 Å². The Morgan fingerprint density at radius 3 is 2.60 bits per heavy atom. The van der Waals surface area contributed by atoms with Crippen LogP contribution >= 0.6 is 22.9 Å². The monoisotopic (exact) mass is 397 g/mol. The van der Waals surface area contributed by atoms with E-state index in [0.29, 0.717) is 21.3 Å². The van der Waals surface area contributed by atoms with Crippen LogP contribution in [-0.4, -0.2) is 20.6 Å². The first-order chi connectivity index (χ1) is 11.7. The lowest BCUT2D eigenvalue weighted by molar-refractivity contribution is 0.103. The maximum absolute atomic E-state index is 13.3. The van der Waals surface area contributed by atoms with Gasteiger partial charge in [0, 0.05) is 22.0 Å². The van der Waals surface area contributed by atoms with Gasteiger partial charge >= 0.3 is 0 Å². The fraction of sp³-hybridized carbons (Fsp3) is 0.118. The summed E-state index contributed by atoms with van der Waals surface area (Å²) in [4.78, 5) is 12.9. The van der Waals surface area contributed by atoms with E-state index in [9.17, 15) is 17.6 Å². The van der Waals surface area contributed by atoms with E-state index in [2.05, 4.69) is 5.32 Å². The molecule has 0 spiro atoms. The lowest BCUT2D eigenvalue weighted by Crippen LogP contribution is -2.12. The number of hydrogen-bond donors (Lipinski definition) is 1. The molecule has 0 atom stereocenters. The predicted octanol–water partition coefficient (Wildman–Crippen LogP) is 4.66. The molecule has 0 aliphatic carbocycles. The first kappa shape index (κ1) is 17.8. The summed E-state index contributed by atoms with van der Waals surface area (Å²) in [5.41, 5.74) is 1.09. The van der Waals surface area contributed by atoms with Gasteiger partial charge in [0.2, 0.25) is 0 Å². The molecule has 0 aliphatic rings. The fourth-order valence-corrected chi connectivity index (χ4v) is 4.41. The number of aryl methyl sites for hydroxylation is 1. The molecule has 4 nitrogen and oxygen atoms in total. The molecule has 1 heterocycles. The van der Waals surface area contributed by atoms with E-state index in [0.717, 1.165) is 17.6 Å². The largest absolute Gasteiger partial charge is 0.321 e. The van der Waals surface area contributed by atoms with Crippen molar-refractivity contribution in [3.63, 3.8) is 0 Å². The Bertz CT molecular complexity index is 1110. The molecule has 2 aromatic carbocycles. The van der Waals surface area contributed by atoms with Crippen LogP contribution in [-0.2, 0) is 9.84 Å². The van der Waals surface area contributed by atoms with Crippen molar-refractivity contribution < 1.29 is 17.6 Å². The highest BCUT2D eigenvalue weighted by atomic mass is 35.5. The van der Waals surface area contributed by atoms with Gasteiger partial charge in [0.1, 0.15) is 10.7 Å². The minimum Gasteiger partial charge on any atom is -0.321 e. The van der Waals surface area contributed by atoms with Crippen LogP contribution in [0.15, 0.2) is 41.3 Å². The van der Waals surface area contributed by atoms with Crippen molar-refractivity contribution in [3.8, 4) is 0 Å². The van der Waals surface area contributed by atoms with Crippen molar-refractivity contribution in [2.24, 2.45) is 0 Å². The maximum atomic E-state index is 13.3. The Balaban J connectivity index is 1.99. The van der Waals surface area contributed by atoms with Crippen molar-refractivity contribution in [2.45, 2.75) is 11.8 Å². The van der Waals surface area contributed by atoms with Crippen LogP contribution in [0.2, 0.25) is 5.02 Å². The van der Waals surface area contributed by atoms with Crippen molar-refractivity contribution in [1.82, 2.24) is 0 Å². The number of carbonyl (C=O) groups is 1. The standard InChI is InChI=1S/C17H13ClFNO3S2/c1-9-3-5-11(25(2,22)23)8-13(9)20-17(21)16-15(18)12-6-4-10(19)7-14(12)24-16/h3-8H,1-2H3,(H,20,21). The van der Waals surface area contributed by atoms with E-state index < -0.39 is 21.6 Å². The van der Waals surface area contributed by atoms with Crippen LogP contribution in [0, 0.1) is 12.7 Å². The smallest absolute Gasteiger partial charge is 0.267 e. The van der Waals surface area contributed by atoms with E-state index in [1.54, 1.807) is 13.0 Å². The van der Waals surface area contributed by atoms with E-state index in [-0.39, 0.29) is 14.8 Å². The van der Waals surface area contributed by atoms with Crippen LogP contribution in [0.3, 0.4) is 0 Å². The van der Waals surface area contributed by atoms with Gasteiger partial charge in [-0.05, 0) is 42.8 Å². The molecule has 0 saturated carbocycles. The van der Waals surface area contributed by atoms with Crippen molar-refractivity contribution in [2.75, 3.05) is 11.6 Å². The summed E-state index contributed by atoms with van der Waals surface area (Å²) < 4.78 is 37.3. The summed E-state index contributed by atoms with van der Waals surface area (Å²) in [6.45, 7) is 1.75. The van der Waals surface area contributed by atoms with E-state index in [1.165, 1.54) is 30.3 Å². The Hall–Kier alpha value is -1.96. The zero-order valence-electron chi connectivity index (χ0n) is 13.3. The third kappa shape index (κ3) is 3.53. The third-order valence-electron chi connectivity index (χ3n) is 3.68. The van der Waals surface area contributed by atoms with Crippen LogP contribution in [0.1, 0.15) is 15.2 Å². The first-order valence-electron chi connectivity index (χ1n) is 7.16. The molecule has 8 heteroatoms. The molecule has 25 heavy (non-hydrogen) atoms. The summed E-state index contributed by atoms with van der Waals surface area (Å²) >= 11 is 7.32. The normalized spacial score (nSPS) is 11.7. The Kier molecular flexibility index (Phi) is 4.57. The molecular formula is C17H13ClFNO3S2. The second-order valence-electron chi connectivity index (χ2n) is 5.59. The number of halogens is 2. The molecule has 0 bridgehead atoms. The Labute approximate surface area is 153 Å². The molecule has 1 amide bonds. The van der Waals surface area contributed by atoms with Gasteiger partial charge in [-0.15, -0.1) is 11.3 Å². The Morgan fingerprint density at radius 1 is 1.20 bits per heavy atom. The highest BCUT2D eigenvalue weighted by Crippen LogP contribution is 2.36. The topological polar surface area (TPSA) is 63.2 Å². The fourth-order valence-electron chi connectivity index (χ4n) is 2.33. The highest BCUT2D eigenvalue weighted by molar-refractivity contribution is 7.90. The zero-order valence-corrected chi connectivity index (χ0v) is 15.7. The van der Waals surface area contributed by atoms with Crippen LogP contribution in [0.4, 0.5) is 10.1 Å². The van der Waals surface area contributed by atoms with Gasteiger partial charge in [-0.3, -0.25) is 4.79 Å². The summed E-state index contributed by atoms with van der Waals surface area (Å²) in [5, 5.41) is 3.53. The Morgan fingerprint density at radius 2 is 1.92 bits per heavy atom. The van der Waals surface area contributed by atoms with Crippen LogP contribution in [0.5, 0.6) is 0 Å². The molecule has 1 N–H and O–H groups in total. The number of carbonyl (C=O) groups excluding carboxylic acids is 1. The summed E-state index contributed by atoms with van der Waals surface area (Å²) in [6, 6.07) is 8.63. The summed E-state index contributed by atoms with van der Waals surface area (Å²) in [5.74, 6) is -0.880. The zero-order chi connectivity index (χ0) is 18.4. The molecule has 3 aromatic rings. The lowest BCUT2D eigenvalue weighted by atomic mass is 10.2. The number of sulfone groups is 1. The predicted molar refractivity (Wildman–Crippen MR) is 99.0 cm³/mol. The number of fused-ring (bicyclic) bond motifs is 1. The average Bonchev–Trinajstić information content (AvgIpc) is 2.84. The molecule has 0 fully saturated rings. The molecule has 0 unspecified atom stereocenters. The number of hydrogen-bond acceptors (Lipinski definition) is 4. The number of nitrogens with one attached hydrogen (secondary N) is 1. The summed E-state index contributed by atoms with van der Waals surface area (Å²) in [7, 11) is -3.39. The van der Waals surface area contributed by atoms with Gasteiger partial charge in [0.05, 0.1) is 9.92 Å². The van der Waals surface area contributed by atoms with E-state index in [4.69, 9.17) is 11.6 Å². The van der Waals surface area contributed by atoms with E-state index >= 15 is 0 Å². The molecular weight excluding hydrogens is 385 g/mol. The molecule has 0 saturated heterocycles. The van der Waals surface area contributed by atoms with Crippen LogP contribution < -0.4 is 5.32 Å². The van der Waals surface area contributed by atoms with Gasteiger partial charge in [0.15, 0.2) is 9.84 Å². The SMILES string of the molecule is Cc1ccc(S(C)(=O)=O)cc1NC(=O)c1sc2cc(F)ccc2c1Cl. The number of rotatable bonds is 3. The molecule has 130 valence electrons. The third-order valence-corrected chi connectivity index (χ3v) is 6.45. The number of thiophene rings is 1. The number of amides is 1. The second-order valence-corrected chi connectivity index (χ2v) is 9.03. The number of anilines is 1. The molecule has 1 aromatic heterocycles. The van der Waals surface area contributed by atoms with Crippen molar-refractivity contribution >= 4 is 54.5 Å². The van der Waals surface area contributed by atoms with Crippen molar-refractivity contribution in [1.29, 1.82) is 0 Å². The first-order valence-corrected chi connectivity index (χ1v) is 10.2. The molecule has 0 radical (unpaired) electrons. The maximum Gasteiger partial charge on any atom is 0.267 e. The minimum atomic E-state index is -3.39. The minimum absolute atomic E-state index is 0.109. The van der Waals surface area contributed by atoms with Gasteiger partial charge in [-0.2, -0.15) is 0 Å². The second kappa shape index (κ2) is 6.40. The van der Waals surface area contributed by atoms with Gasteiger partial charge < -0.3 is 5.32 Å². The van der Waals surface area contributed by atoms with Gasteiger partial charge in [-0.25, -0.2) is 12.8 Å². The molecule has 0 aliphatic heterocycles. The molecule has 3 rings (SSSR count). The van der Waals surface area contributed by atoms with Gasteiger partial charge in [-0.1, -0.05) is 17.7 Å². The lowest BCUT2D eigenvalue weighted by Gasteiger charge is -2.09. The van der Waals surface area contributed by atoms with Gasteiger partial charge in [0.25, 0.3) is 5.91 Å². The highest BCUT2D eigenvalue weighted by Gasteiger charge is 2.19. The van der Waals surface area contributed by atoms with Crippen LogP contribution in [0.25, 0.3) is 10.1 Å². The average molecular weight is 398 g/mol. The quantitative estimate of drug-likeness (QED) is 0.699. The summed E-state index contributed by atoms with van der Waals surface area (Å²) in [6.07, 6.45) is 1.10. The number of benzene rings is 2.